The summed E-state index contributed by atoms with van der Waals surface area (Å²) >= 11 is 1.63. The highest BCUT2D eigenvalue weighted by Gasteiger charge is 2.12. The summed E-state index contributed by atoms with van der Waals surface area (Å²) in [7, 11) is 0. The van der Waals surface area contributed by atoms with E-state index in [0.717, 1.165) is 22.4 Å². The van der Waals surface area contributed by atoms with Crippen molar-refractivity contribution in [2.24, 2.45) is 0 Å². The summed E-state index contributed by atoms with van der Waals surface area (Å²) in [4.78, 5) is 29.9. The van der Waals surface area contributed by atoms with E-state index in [2.05, 4.69) is 9.97 Å². The van der Waals surface area contributed by atoms with Gasteiger partial charge in [-0.05, 0) is 11.8 Å². The Morgan fingerprint density at radius 1 is 1.42 bits per heavy atom. The van der Waals surface area contributed by atoms with E-state index in [1.807, 2.05) is 31.2 Å². The SMILES string of the molecule is CCSc1ccccc1-c1ncc(C(=O)O)c(=O)[nH]1. The van der Waals surface area contributed by atoms with Crippen LogP contribution in [-0.4, -0.2) is 26.8 Å². The quantitative estimate of drug-likeness (QED) is 0.837. The molecule has 2 rings (SSSR count). The number of aromatic amines is 1. The second-order valence-corrected chi connectivity index (χ2v) is 5.01. The normalized spacial score (nSPS) is 10.4. The monoisotopic (exact) mass is 276 g/mol. The summed E-state index contributed by atoms with van der Waals surface area (Å²) in [6.07, 6.45) is 1.09. The maximum Gasteiger partial charge on any atom is 0.342 e. The molecule has 0 spiro atoms. The minimum Gasteiger partial charge on any atom is -0.477 e. The average Bonchev–Trinajstić information content (AvgIpc) is 2.39. The predicted molar refractivity (Wildman–Crippen MR) is 73.7 cm³/mol. The number of hydrogen-bond donors (Lipinski definition) is 2. The Bertz CT molecular complexity index is 667. The van der Waals surface area contributed by atoms with Gasteiger partial charge in [-0.1, -0.05) is 25.1 Å². The molecule has 1 aromatic heterocycles. The van der Waals surface area contributed by atoms with Gasteiger partial charge < -0.3 is 10.1 Å². The van der Waals surface area contributed by atoms with Crippen LogP contribution in [0.1, 0.15) is 17.3 Å². The molecule has 0 radical (unpaired) electrons. The molecule has 0 amide bonds. The van der Waals surface area contributed by atoms with Gasteiger partial charge in [0.15, 0.2) is 0 Å². The number of thioether (sulfide) groups is 1. The zero-order valence-electron chi connectivity index (χ0n) is 10.2. The third-order valence-corrected chi connectivity index (χ3v) is 3.43. The molecule has 0 saturated carbocycles. The first-order valence-electron chi connectivity index (χ1n) is 5.68. The van der Waals surface area contributed by atoms with Crippen LogP contribution in [0.15, 0.2) is 40.2 Å². The van der Waals surface area contributed by atoms with Crippen molar-refractivity contribution >= 4 is 17.7 Å². The number of carboxylic acids is 1. The summed E-state index contributed by atoms with van der Waals surface area (Å²) in [5, 5.41) is 8.80. The van der Waals surface area contributed by atoms with E-state index in [4.69, 9.17) is 5.11 Å². The second-order valence-electron chi connectivity index (χ2n) is 3.71. The molecule has 0 saturated heterocycles. The van der Waals surface area contributed by atoms with Crippen molar-refractivity contribution in [3.63, 3.8) is 0 Å². The smallest absolute Gasteiger partial charge is 0.342 e. The fourth-order valence-corrected chi connectivity index (χ4v) is 2.43. The van der Waals surface area contributed by atoms with Crippen LogP contribution >= 0.6 is 11.8 Å². The number of benzene rings is 1. The fraction of sp³-hybridized carbons (Fsp3) is 0.154. The Morgan fingerprint density at radius 2 is 2.16 bits per heavy atom. The first-order chi connectivity index (χ1) is 9.13. The molecule has 2 N–H and O–H groups in total. The van der Waals surface area contributed by atoms with E-state index in [1.54, 1.807) is 11.8 Å². The van der Waals surface area contributed by atoms with E-state index in [1.165, 1.54) is 0 Å². The van der Waals surface area contributed by atoms with Crippen molar-refractivity contribution in [3.05, 3.63) is 46.4 Å². The zero-order chi connectivity index (χ0) is 13.8. The van der Waals surface area contributed by atoms with Crippen molar-refractivity contribution in [2.75, 3.05) is 5.75 Å². The minimum atomic E-state index is -1.28. The van der Waals surface area contributed by atoms with Crippen LogP contribution in [0.3, 0.4) is 0 Å². The molecule has 19 heavy (non-hydrogen) atoms. The Morgan fingerprint density at radius 3 is 2.79 bits per heavy atom. The van der Waals surface area contributed by atoms with Gasteiger partial charge in [-0.3, -0.25) is 4.79 Å². The van der Waals surface area contributed by atoms with Crippen LogP contribution in [0, 0.1) is 0 Å². The number of carboxylic acid groups (broad SMARTS) is 1. The molecule has 0 aliphatic carbocycles. The minimum absolute atomic E-state index is 0.357. The third-order valence-electron chi connectivity index (χ3n) is 2.47. The zero-order valence-corrected chi connectivity index (χ0v) is 11.0. The van der Waals surface area contributed by atoms with E-state index in [0.29, 0.717) is 5.82 Å². The number of aromatic carboxylic acids is 1. The van der Waals surface area contributed by atoms with Crippen molar-refractivity contribution in [2.45, 2.75) is 11.8 Å². The summed E-state index contributed by atoms with van der Waals surface area (Å²) < 4.78 is 0. The number of hydrogen-bond acceptors (Lipinski definition) is 4. The summed E-state index contributed by atoms with van der Waals surface area (Å²) in [6, 6.07) is 7.54. The van der Waals surface area contributed by atoms with Gasteiger partial charge in [0.05, 0.1) is 0 Å². The molecule has 0 fully saturated rings. The molecule has 98 valence electrons. The highest BCUT2D eigenvalue weighted by Crippen LogP contribution is 2.28. The van der Waals surface area contributed by atoms with Crippen molar-refractivity contribution in [1.82, 2.24) is 9.97 Å². The van der Waals surface area contributed by atoms with Gasteiger partial charge in [0.2, 0.25) is 0 Å². The molecule has 0 atom stereocenters. The molecular formula is C13H12N2O3S. The lowest BCUT2D eigenvalue weighted by molar-refractivity contribution is 0.0694. The molecule has 6 heteroatoms. The number of nitrogens with zero attached hydrogens (tertiary/aromatic N) is 1. The van der Waals surface area contributed by atoms with Gasteiger partial charge in [0.25, 0.3) is 5.56 Å². The second kappa shape index (κ2) is 5.71. The van der Waals surface area contributed by atoms with Gasteiger partial charge in [-0.2, -0.15) is 0 Å². The predicted octanol–water partition coefficient (Wildman–Crippen LogP) is 2.25. The van der Waals surface area contributed by atoms with Crippen molar-refractivity contribution in [1.29, 1.82) is 0 Å². The fourth-order valence-electron chi connectivity index (χ4n) is 1.63. The summed E-state index contributed by atoms with van der Waals surface area (Å²) in [5.41, 5.74) is -0.207. The van der Waals surface area contributed by atoms with Gasteiger partial charge in [0.1, 0.15) is 11.4 Å². The van der Waals surface area contributed by atoms with Gasteiger partial charge in [-0.15, -0.1) is 11.8 Å². The highest BCUT2D eigenvalue weighted by molar-refractivity contribution is 7.99. The number of rotatable bonds is 4. The Labute approximate surface area is 113 Å². The topological polar surface area (TPSA) is 83.0 Å². The number of H-pyrrole nitrogens is 1. The molecule has 0 aliphatic rings. The molecule has 0 bridgehead atoms. The molecule has 2 aromatic rings. The molecule has 0 aliphatic heterocycles. The molecule has 1 heterocycles. The lowest BCUT2D eigenvalue weighted by atomic mass is 10.2. The van der Waals surface area contributed by atoms with Crippen LogP contribution in [0.2, 0.25) is 0 Å². The van der Waals surface area contributed by atoms with E-state index >= 15 is 0 Å². The number of nitrogens with one attached hydrogen (secondary N) is 1. The third kappa shape index (κ3) is 2.85. The Kier molecular flexibility index (Phi) is 4.01. The van der Waals surface area contributed by atoms with E-state index in [9.17, 15) is 9.59 Å². The van der Waals surface area contributed by atoms with Gasteiger partial charge >= 0.3 is 5.97 Å². The first-order valence-corrected chi connectivity index (χ1v) is 6.67. The first kappa shape index (κ1) is 13.4. The average molecular weight is 276 g/mol. The molecule has 5 nitrogen and oxygen atoms in total. The van der Waals surface area contributed by atoms with Crippen LogP contribution < -0.4 is 5.56 Å². The Balaban J connectivity index is 2.51. The number of carbonyl (C=O) groups is 1. The van der Waals surface area contributed by atoms with Crippen molar-refractivity contribution in [3.8, 4) is 11.4 Å². The molecular weight excluding hydrogens is 264 g/mol. The largest absolute Gasteiger partial charge is 0.477 e. The van der Waals surface area contributed by atoms with Crippen molar-refractivity contribution < 1.29 is 9.90 Å². The van der Waals surface area contributed by atoms with Crippen LogP contribution in [0.5, 0.6) is 0 Å². The van der Waals surface area contributed by atoms with Crippen LogP contribution in [0.4, 0.5) is 0 Å². The number of aromatic nitrogens is 2. The van der Waals surface area contributed by atoms with Gasteiger partial charge in [0, 0.05) is 16.7 Å². The highest BCUT2D eigenvalue weighted by atomic mass is 32.2. The lowest BCUT2D eigenvalue weighted by Gasteiger charge is -2.07. The van der Waals surface area contributed by atoms with Crippen LogP contribution in [0.25, 0.3) is 11.4 Å². The maximum atomic E-state index is 11.6. The molecule has 0 unspecified atom stereocenters. The maximum absolute atomic E-state index is 11.6. The van der Waals surface area contributed by atoms with Crippen LogP contribution in [-0.2, 0) is 0 Å². The lowest BCUT2D eigenvalue weighted by Crippen LogP contribution is -2.18. The summed E-state index contributed by atoms with van der Waals surface area (Å²) in [6.45, 7) is 2.03. The van der Waals surface area contributed by atoms with Gasteiger partial charge in [-0.25, -0.2) is 9.78 Å². The Hall–Kier alpha value is -2.08. The molecule has 1 aromatic carbocycles. The van der Waals surface area contributed by atoms with E-state index < -0.39 is 11.5 Å². The summed E-state index contributed by atoms with van der Waals surface area (Å²) in [5.74, 6) is -0.00266. The van der Waals surface area contributed by atoms with E-state index in [-0.39, 0.29) is 5.56 Å². The standard InChI is InChI=1S/C13H12N2O3S/c1-2-19-10-6-4-3-5-8(10)11-14-7-9(13(17)18)12(16)15-11/h3-7H,2H2,1H3,(H,17,18)(H,14,15,16).